The molecule has 2 rings (SSSR count). The number of hydrogen-bond acceptors (Lipinski definition) is 2. The summed E-state index contributed by atoms with van der Waals surface area (Å²) in [4.78, 5) is 12.5. The van der Waals surface area contributed by atoms with Gasteiger partial charge in [0.15, 0.2) is 5.78 Å². The van der Waals surface area contributed by atoms with Crippen LogP contribution in [0, 0.1) is 19.8 Å². The summed E-state index contributed by atoms with van der Waals surface area (Å²) in [5, 5.41) is 0. The Kier molecular flexibility index (Phi) is 13.2. The molecule has 0 saturated carbocycles. The van der Waals surface area contributed by atoms with Gasteiger partial charge in [-0.15, -0.1) is 0 Å². The van der Waals surface area contributed by atoms with Gasteiger partial charge in [-0.25, -0.2) is 0 Å². The monoisotopic (exact) mass is 442 g/mol. The summed E-state index contributed by atoms with van der Waals surface area (Å²) in [5.74, 6) is 0.483. The number of aryl methyl sites for hydroxylation is 1. The van der Waals surface area contributed by atoms with Crippen LogP contribution in [0.15, 0.2) is 6.07 Å². The molecule has 0 saturated heterocycles. The van der Waals surface area contributed by atoms with Crippen LogP contribution in [0.3, 0.4) is 0 Å². The van der Waals surface area contributed by atoms with Crippen molar-refractivity contribution in [1.29, 1.82) is 0 Å². The largest absolute Gasteiger partial charge is 0.381 e. The molecule has 0 amide bonds. The number of carbonyl (C=O) groups is 1. The SMILES string of the molecule is CCCCCCCCCCCCCCCCOCCc1c(C)cc2c(c1C)C(=O)C(C)C2. The zero-order valence-corrected chi connectivity index (χ0v) is 21.7. The van der Waals surface area contributed by atoms with E-state index in [0.29, 0.717) is 5.78 Å². The van der Waals surface area contributed by atoms with Crippen LogP contribution in [0.25, 0.3) is 0 Å². The molecule has 0 spiro atoms. The van der Waals surface area contributed by atoms with Crippen LogP contribution in [0.1, 0.15) is 136 Å². The summed E-state index contributed by atoms with van der Waals surface area (Å²) in [5.41, 5.74) is 6.11. The van der Waals surface area contributed by atoms with E-state index in [-0.39, 0.29) is 5.92 Å². The van der Waals surface area contributed by atoms with E-state index in [1.807, 2.05) is 0 Å². The molecule has 2 heteroatoms. The smallest absolute Gasteiger partial charge is 0.166 e. The standard InChI is InChI=1S/C30H50O2/c1-5-6-7-8-9-10-11-12-13-14-15-16-17-18-20-32-21-19-28-24(2)22-27-23-25(3)30(31)29(27)26(28)4/h22,25H,5-21,23H2,1-4H3. The van der Waals surface area contributed by atoms with Crippen molar-refractivity contribution in [2.75, 3.05) is 13.2 Å². The molecule has 0 aliphatic heterocycles. The summed E-state index contributed by atoms with van der Waals surface area (Å²) in [6.07, 6.45) is 21.3. The highest BCUT2D eigenvalue weighted by Gasteiger charge is 2.30. The molecule has 0 bridgehead atoms. The molecule has 1 aliphatic rings. The number of rotatable bonds is 18. The van der Waals surface area contributed by atoms with Gasteiger partial charge in [-0.3, -0.25) is 4.79 Å². The first-order chi connectivity index (χ1) is 15.6. The van der Waals surface area contributed by atoms with Gasteiger partial charge in [0.25, 0.3) is 0 Å². The first-order valence-electron chi connectivity index (χ1n) is 13.8. The zero-order valence-electron chi connectivity index (χ0n) is 21.7. The lowest BCUT2D eigenvalue weighted by Gasteiger charge is -2.14. The van der Waals surface area contributed by atoms with Crippen LogP contribution in [0.2, 0.25) is 0 Å². The third-order valence-corrected chi connectivity index (χ3v) is 7.37. The molecular formula is C30H50O2. The van der Waals surface area contributed by atoms with Gasteiger partial charge >= 0.3 is 0 Å². The molecule has 1 aromatic rings. The Balaban J connectivity index is 1.45. The third-order valence-electron chi connectivity index (χ3n) is 7.37. The van der Waals surface area contributed by atoms with Crippen molar-refractivity contribution in [2.24, 2.45) is 5.92 Å². The molecular weight excluding hydrogens is 392 g/mol. The van der Waals surface area contributed by atoms with Gasteiger partial charge in [-0.1, -0.05) is 103 Å². The number of benzene rings is 1. The first-order valence-corrected chi connectivity index (χ1v) is 13.8. The highest BCUT2D eigenvalue weighted by atomic mass is 16.5. The van der Waals surface area contributed by atoms with E-state index in [4.69, 9.17) is 4.74 Å². The fourth-order valence-corrected chi connectivity index (χ4v) is 5.34. The first kappa shape index (κ1) is 27.1. The van der Waals surface area contributed by atoms with Crippen LogP contribution in [0.5, 0.6) is 0 Å². The maximum absolute atomic E-state index is 12.5. The number of hydrogen-bond donors (Lipinski definition) is 0. The number of fused-ring (bicyclic) bond motifs is 1. The van der Waals surface area contributed by atoms with Gasteiger partial charge in [0.1, 0.15) is 0 Å². The molecule has 2 nitrogen and oxygen atoms in total. The Morgan fingerprint density at radius 3 is 1.91 bits per heavy atom. The molecule has 0 N–H and O–H groups in total. The minimum absolute atomic E-state index is 0.148. The number of unbranched alkanes of at least 4 members (excludes halogenated alkanes) is 13. The third kappa shape index (κ3) is 9.00. The average Bonchev–Trinajstić information content (AvgIpc) is 3.05. The summed E-state index contributed by atoms with van der Waals surface area (Å²) in [6, 6.07) is 2.24. The molecule has 182 valence electrons. The molecule has 1 atom stereocenters. The topological polar surface area (TPSA) is 26.3 Å². The molecule has 32 heavy (non-hydrogen) atoms. The van der Waals surface area contributed by atoms with Crippen LogP contribution in [0.4, 0.5) is 0 Å². The Bertz CT molecular complexity index is 676. The molecule has 0 heterocycles. The molecule has 1 aromatic carbocycles. The van der Waals surface area contributed by atoms with Gasteiger partial charge < -0.3 is 4.74 Å². The van der Waals surface area contributed by atoms with Crippen molar-refractivity contribution in [3.05, 3.63) is 33.9 Å². The van der Waals surface area contributed by atoms with Crippen molar-refractivity contribution in [1.82, 2.24) is 0 Å². The molecule has 0 radical (unpaired) electrons. The van der Waals surface area contributed by atoms with E-state index >= 15 is 0 Å². The summed E-state index contributed by atoms with van der Waals surface area (Å²) < 4.78 is 5.94. The van der Waals surface area contributed by atoms with Crippen LogP contribution >= 0.6 is 0 Å². The Morgan fingerprint density at radius 1 is 0.812 bits per heavy atom. The minimum Gasteiger partial charge on any atom is -0.381 e. The average molecular weight is 443 g/mol. The normalized spacial score (nSPS) is 15.5. The summed E-state index contributed by atoms with van der Waals surface area (Å²) in [6.45, 7) is 10.3. The summed E-state index contributed by atoms with van der Waals surface area (Å²) >= 11 is 0. The van der Waals surface area contributed by atoms with E-state index in [0.717, 1.165) is 31.6 Å². The van der Waals surface area contributed by atoms with E-state index in [1.54, 1.807) is 0 Å². The predicted molar refractivity (Wildman–Crippen MR) is 138 cm³/mol. The number of ether oxygens (including phenoxy) is 1. The second kappa shape index (κ2) is 15.6. The predicted octanol–water partition coefficient (Wildman–Crippen LogP) is 8.72. The molecule has 0 fully saturated rings. The lowest BCUT2D eigenvalue weighted by atomic mass is 9.92. The van der Waals surface area contributed by atoms with Crippen LogP contribution in [-0.4, -0.2) is 19.0 Å². The molecule has 1 aliphatic carbocycles. The van der Waals surface area contributed by atoms with Gasteiger partial charge in [0.05, 0.1) is 6.61 Å². The van der Waals surface area contributed by atoms with Crippen molar-refractivity contribution < 1.29 is 9.53 Å². The van der Waals surface area contributed by atoms with Crippen LogP contribution in [-0.2, 0) is 17.6 Å². The van der Waals surface area contributed by atoms with Crippen molar-refractivity contribution in [3.8, 4) is 0 Å². The zero-order chi connectivity index (χ0) is 23.2. The number of ketones is 1. The lowest BCUT2D eigenvalue weighted by molar-refractivity contribution is 0.0945. The Labute approximate surface area is 198 Å². The van der Waals surface area contributed by atoms with Gasteiger partial charge in [-0.05, 0) is 55.4 Å². The van der Waals surface area contributed by atoms with Gasteiger partial charge in [0, 0.05) is 18.1 Å². The van der Waals surface area contributed by atoms with E-state index in [2.05, 4.69) is 33.8 Å². The van der Waals surface area contributed by atoms with E-state index in [9.17, 15) is 4.79 Å². The second-order valence-corrected chi connectivity index (χ2v) is 10.3. The Morgan fingerprint density at radius 2 is 1.34 bits per heavy atom. The quantitative estimate of drug-likeness (QED) is 0.212. The van der Waals surface area contributed by atoms with Crippen molar-refractivity contribution >= 4 is 5.78 Å². The number of Topliss-reactive ketones (excluding diaryl/α,β-unsaturated/α-hetero) is 1. The highest BCUT2D eigenvalue weighted by Crippen LogP contribution is 2.33. The fraction of sp³-hybridized carbons (Fsp3) is 0.767. The fourth-order valence-electron chi connectivity index (χ4n) is 5.34. The maximum atomic E-state index is 12.5. The van der Waals surface area contributed by atoms with Crippen molar-refractivity contribution in [2.45, 2.75) is 130 Å². The number of carbonyl (C=O) groups excluding carboxylic acids is 1. The lowest BCUT2D eigenvalue weighted by Crippen LogP contribution is -2.09. The van der Waals surface area contributed by atoms with E-state index in [1.165, 1.54) is 112 Å². The minimum atomic E-state index is 0.148. The summed E-state index contributed by atoms with van der Waals surface area (Å²) in [7, 11) is 0. The highest BCUT2D eigenvalue weighted by molar-refractivity contribution is 6.03. The second-order valence-electron chi connectivity index (χ2n) is 10.3. The van der Waals surface area contributed by atoms with E-state index < -0.39 is 0 Å². The Hall–Kier alpha value is -1.15. The van der Waals surface area contributed by atoms with Gasteiger partial charge in [-0.2, -0.15) is 0 Å². The molecule has 0 aromatic heterocycles. The maximum Gasteiger partial charge on any atom is 0.166 e. The van der Waals surface area contributed by atoms with Crippen LogP contribution < -0.4 is 0 Å². The van der Waals surface area contributed by atoms with Gasteiger partial charge in [0.2, 0.25) is 0 Å². The molecule has 1 unspecified atom stereocenters. The van der Waals surface area contributed by atoms with Crippen molar-refractivity contribution in [3.63, 3.8) is 0 Å².